The van der Waals surface area contributed by atoms with Gasteiger partial charge in [-0.1, -0.05) is 48.2 Å². The van der Waals surface area contributed by atoms with Gasteiger partial charge < -0.3 is 20.1 Å². The monoisotopic (exact) mass is 527 g/mol. The van der Waals surface area contributed by atoms with Gasteiger partial charge in [0.2, 0.25) is 11.9 Å². The topological polar surface area (TPSA) is 79.3 Å². The molecule has 1 aliphatic carbocycles. The van der Waals surface area contributed by atoms with E-state index in [0.717, 1.165) is 61.3 Å². The van der Waals surface area contributed by atoms with E-state index in [0.29, 0.717) is 28.2 Å². The number of anilines is 1. The number of benzene rings is 2. The van der Waals surface area contributed by atoms with Gasteiger partial charge in [0, 0.05) is 37.7 Å². The van der Waals surface area contributed by atoms with E-state index in [9.17, 15) is 9.59 Å². The molecular weight excluding hydrogens is 497 g/mol. The molecule has 0 spiro atoms. The lowest BCUT2D eigenvalue weighted by Gasteiger charge is -2.33. The summed E-state index contributed by atoms with van der Waals surface area (Å²) in [4.78, 5) is 31.9. The fourth-order valence-corrected chi connectivity index (χ4v) is 5.64. The molecule has 0 unspecified atom stereocenters. The average Bonchev–Trinajstić information content (AvgIpc) is 3.52. The highest BCUT2D eigenvalue weighted by Crippen LogP contribution is 2.33. The Morgan fingerprint density at radius 1 is 1.00 bits per heavy atom. The lowest BCUT2D eigenvalue weighted by Crippen LogP contribution is -2.43. The van der Waals surface area contributed by atoms with Crippen molar-refractivity contribution in [3.8, 4) is 0 Å². The number of nitrogens with zero attached hydrogens (tertiary/aromatic N) is 3. The van der Waals surface area contributed by atoms with Crippen molar-refractivity contribution in [1.29, 1.82) is 0 Å². The first-order valence-corrected chi connectivity index (χ1v) is 13.4. The molecule has 2 heterocycles. The van der Waals surface area contributed by atoms with Gasteiger partial charge in [-0.15, -0.1) is 0 Å². The van der Waals surface area contributed by atoms with Gasteiger partial charge in [0.25, 0.3) is 5.91 Å². The molecule has 36 heavy (non-hydrogen) atoms. The summed E-state index contributed by atoms with van der Waals surface area (Å²) in [6.07, 6.45) is 6.21. The molecule has 190 valence electrons. The number of nitrogens with one attached hydrogen (secondary N) is 2. The van der Waals surface area contributed by atoms with Crippen LogP contribution in [0.5, 0.6) is 0 Å². The molecule has 2 amide bonds. The van der Waals surface area contributed by atoms with Crippen LogP contribution < -0.4 is 15.5 Å². The highest BCUT2D eigenvalue weighted by Gasteiger charge is 2.29. The Balaban J connectivity index is 1.37. The van der Waals surface area contributed by atoms with Gasteiger partial charge in [0.05, 0.1) is 27.6 Å². The molecule has 2 fully saturated rings. The van der Waals surface area contributed by atoms with Crippen LogP contribution in [0.1, 0.15) is 54.4 Å². The van der Waals surface area contributed by atoms with Crippen LogP contribution in [0, 0.1) is 5.92 Å². The van der Waals surface area contributed by atoms with Gasteiger partial charge >= 0.3 is 0 Å². The predicted octanol–water partition coefficient (Wildman–Crippen LogP) is 5.03. The molecule has 1 saturated heterocycles. The Morgan fingerprint density at radius 3 is 2.33 bits per heavy atom. The van der Waals surface area contributed by atoms with E-state index < -0.39 is 0 Å². The molecule has 9 heteroatoms. The quantitative estimate of drug-likeness (QED) is 0.471. The molecule has 0 radical (unpaired) electrons. The zero-order valence-corrected chi connectivity index (χ0v) is 21.9. The Labute approximate surface area is 221 Å². The van der Waals surface area contributed by atoms with E-state index in [1.807, 2.05) is 30.3 Å². The minimum atomic E-state index is -0.114. The zero-order chi connectivity index (χ0) is 25.2. The van der Waals surface area contributed by atoms with Gasteiger partial charge in [0.15, 0.2) is 0 Å². The number of aromatic nitrogens is 2. The molecule has 2 N–H and O–H groups in total. The first kappa shape index (κ1) is 24.9. The summed E-state index contributed by atoms with van der Waals surface area (Å²) in [6.45, 7) is 2.08. The molecule has 0 atom stereocenters. The number of halogens is 2. The van der Waals surface area contributed by atoms with Crippen LogP contribution >= 0.6 is 23.2 Å². The predicted molar refractivity (Wildman–Crippen MR) is 144 cm³/mol. The Hall–Kier alpha value is -2.77. The van der Waals surface area contributed by atoms with E-state index in [1.54, 1.807) is 13.1 Å². The first-order valence-electron chi connectivity index (χ1n) is 12.6. The highest BCUT2D eigenvalue weighted by atomic mass is 35.5. The van der Waals surface area contributed by atoms with Gasteiger partial charge in [-0.25, -0.2) is 4.98 Å². The van der Waals surface area contributed by atoms with Crippen molar-refractivity contribution in [2.75, 3.05) is 25.0 Å². The summed E-state index contributed by atoms with van der Waals surface area (Å²) < 4.78 is 2.14. The Morgan fingerprint density at radius 2 is 1.67 bits per heavy atom. The first-order chi connectivity index (χ1) is 17.4. The number of hydrogen-bond donors (Lipinski definition) is 2. The zero-order valence-electron chi connectivity index (χ0n) is 20.4. The Bertz CT molecular complexity index is 1260. The summed E-state index contributed by atoms with van der Waals surface area (Å²) in [5.74, 6) is 0.968. The Kier molecular flexibility index (Phi) is 7.39. The molecule has 7 nitrogen and oxygen atoms in total. The average molecular weight is 528 g/mol. The largest absolute Gasteiger partial charge is 0.355 e. The van der Waals surface area contributed by atoms with E-state index in [4.69, 9.17) is 28.2 Å². The van der Waals surface area contributed by atoms with Crippen LogP contribution in [-0.2, 0) is 11.3 Å². The number of fused-ring (bicyclic) bond motifs is 1. The molecule has 3 aromatic rings. The molecule has 5 rings (SSSR count). The summed E-state index contributed by atoms with van der Waals surface area (Å²) in [7, 11) is 1.62. The molecule has 0 bridgehead atoms. The van der Waals surface area contributed by atoms with E-state index in [1.165, 1.54) is 12.8 Å². The molecule has 2 aromatic carbocycles. The number of imidazole rings is 1. The number of piperidine rings is 1. The van der Waals surface area contributed by atoms with Crippen LogP contribution in [0.2, 0.25) is 10.0 Å². The number of rotatable bonds is 6. The maximum absolute atomic E-state index is 12.8. The molecule has 2 aliphatic rings. The summed E-state index contributed by atoms with van der Waals surface area (Å²) in [6, 6.07) is 11.6. The molecule has 1 aliphatic heterocycles. The fourth-order valence-electron chi connectivity index (χ4n) is 5.32. The molecular formula is C27H31Cl2N5O2. The van der Waals surface area contributed by atoms with Crippen LogP contribution in [0.25, 0.3) is 11.0 Å². The van der Waals surface area contributed by atoms with E-state index in [2.05, 4.69) is 20.1 Å². The fraction of sp³-hybridized carbons (Fsp3) is 0.444. The van der Waals surface area contributed by atoms with Crippen LogP contribution in [-0.4, -0.2) is 47.5 Å². The lowest BCUT2D eigenvalue weighted by molar-refractivity contribution is -0.126. The van der Waals surface area contributed by atoms with Gasteiger partial charge in [0.1, 0.15) is 0 Å². The maximum Gasteiger partial charge on any atom is 0.251 e. The van der Waals surface area contributed by atoms with E-state index in [-0.39, 0.29) is 17.7 Å². The second-order valence-electron chi connectivity index (χ2n) is 9.78. The minimum absolute atomic E-state index is 0.0424. The van der Waals surface area contributed by atoms with Crippen molar-refractivity contribution in [3.63, 3.8) is 0 Å². The van der Waals surface area contributed by atoms with Gasteiger partial charge in [-0.05, 0) is 55.5 Å². The third-order valence-electron chi connectivity index (χ3n) is 7.40. The second kappa shape index (κ2) is 10.7. The van der Waals surface area contributed by atoms with Crippen molar-refractivity contribution < 1.29 is 9.59 Å². The standard InChI is InChI=1S/C27H31Cl2N5O2/c1-30-25(35)18-8-6-17(7-9-18)16-34-24-15-22(29)21(28)14-23(24)32-27(34)33-12-10-19(11-13-33)26(36)31-20-4-2-3-5-20/h6-9,14-15,19-20H,2-5,10-13,16H2,1H3,(H,30,35)(H,31,36). The summed E-state index contributed by atoms with van der Waals surface area (Å²) in [5.41, 5.74) is 3.34. The van der Waals surface area contributed by atoms with Crippen LogP contribution in [0.15, 0.2) is 36.4 Å². The van der Waals surface area contributed by atoms with Crippen molar-refractivity contribution >= 4 is 52.0 Å². The summed E-state index contributed by atoms with van der Waals surface area (Å²) in [5, 5.41) is 6.86. The second-order valence-corrected chi connectivity index (χ2v) is 10.6. The van der Waals surface area contributed by atoms with Crippen LogP contribution in [0.4, 0.5) is 5.95 Å². The summed E-state index contributed by atoms with van der Waals surface area (Å²) >= 11 is 12.7. The number of hydrogen-bond acceptors (Lipinski definition) is 4. The number of carbonyl (C=O) groups excluding carboxylic acids is 2. The van der Waals surface area contributed by atoms with Crippen molar-refractivity contribution in [2.45, 2.75) is 51.1 Å². The van der Waals surface area contributed by atoms with Gasteiger partial charge in [-0.3, -0.25) is 9.59 Å². The molecule has 1 saturated carbocycles. The smallest absolute Gasteiger partial charge is 0.251 e. The number of amides is 2. The maximum atomic E-state index is 12.8. The highest BCUT2D eigenvalue weighted by molar-refractivity contribution is 6.42. The molecule has 1 aromatic heterocycles. The van der Waals surface area contributed by atoms with Gasteiger partial charge in [-0.2, -0.15) is 0 Å². The van der Waals surface area contributed by atoms with Crippen molar-refractivity contribution in [1.82, 2.24) is 20.2 Å². The minimum Gasteiger partial charge on any atom is -0.355 e. The van der Waals surface area contributed by atoms with Crippen LogP contribution in [0.3, 0.4) is 0 Å². The SMILES string of the molecule is CNC(=O)c1ccc(Cn2c(N3CCC(C(=O)NC4CCCC4)CC3)nc3cc(Cl)c(Cl)cc32)cc1. The third-order valence-corrected chi connectivity index (χ3v) is 8.13. The van der Waals surface area contributed by atoms with Crippen molar-refractivity contribution in [2.24, 2.45) is 5.92 Å². The van der Waals surface area contributed by atoms with Crippen molar-refractivity contribution in [3.05, 3.63) is 57.6 Å². The normalized spacial score (nSPS) is 17.0. The van der Waals surface area contributed by atoms with E-state index >= 15 is 0 Å². The number of carbonyl (C=O) groups is 2. The lowest BCUT2D eigenvalue weighted by atomic mass is 9.95. The third kappa shape index (κ3) is 5.18.